The molecule has 2 fully saturated rings. The van der Waals surface area contributed by atoms with E-state index in [2.05, 4.69) is 29.2 Å². The van der Waals surface area contributed by atoms with E-state index in [0.717, 1.165) is 25.7 Å². The molecule has 2 aliphatic carbocycles. The van der Waals surface area contributed by atoms with Gasteiger partial charge in [-0.3, -0.25) is 4.79 Å². The molecule has 0 aromatic carbocycles. The number of Topliss-reactive ketones (excluding diaryl/α,β-unsaturated/α-hetero) is 1. The summed E-state index contributed by atoms with van der Waals surface area (Å²) in [5.74, 6) is 0.426. The maximum atomic E-state index is 11.7. The van der Waals surface area contributed by atoms with Gasteiger partial charge in [0.1, 0.15) is 5.78 Å². The Balaban J connectivity index is 1.84. The Bertz CT molecular complexity index is 346. The van der Waals surface area contributed by atoms with Gasteiger partial charge < -0.3 is 4.90 Å². The summed E-state index contributed by atoms with van der Waals surface area (Å²) in [6.45, 7) is 1.71. The molecule has 2 aliphatic rings. The van der Waals surface area contributed by atoms with Crippen LogP contribution in [-0.4, -0.2) is 42.9 Å². The minimum atomic E-state index is 0.130. The van der Waals surface area contributed by atoms with Crippen molar-refractivity contribution in [2.45, 2.75) is 76.4 Å². The van der Waals surface area contributed by atoms with Crippen LogP contribution in [0.4, 0.5) is 0 Å². The van der Waals surface area contributed by atoms with Crippen molar-refractivity contribution in [1.82, 2.24) is 4.90 Å². The first-order chi connectivity index (χ1) is 9.58. The Labute approximate surface area is 123 Å². The Morgan fingerprint density at radius 2 is 1.60 bits per heavy atom. The summed E-state index contributed by atoms with van der Waals surface area (Å²) in [4.78, 5) is 14.0. The van der Waals surface area contributed by atoms with E-state index >= 15 is 0 Å². The van der Waals surface area contributed by atoms with E-state index in [1.54, 1.807) is 6.92 Å². The molecule has 2 atom stereocenters. The summed E-state index contributed by atoms with van der Waals surface area (Å²) in [5.41, 5.74) is 0. The smallest absolute Gasteiger partial charge is 0.135 e. The molecule has 0 spiro atoms. The van der Waals surface area contributed by atoms with Crippen molar-refractivity contribution in [3.8, 4) is 0 Å². The fraction of sp³-hybridized carbons (Fsp3) is 0.938. The molecule has 0 radical (unpaired) electrons. The van der Waals surface area contributed by atoms with E-state index in [0.29, 0.717) is 17.9 Å². The van der Waals surface area contributed by atoms with Crippen molar-refractivity contribution in [1.29, 1.82) is 0 Å². The maximum absolute atomic E-state index is 11.7. The van der Waals surface area contributed by atoms with Crippen LogP contribution in [0.2, 0.25) is 0 Å². The van der Waals surface area contributed by atoms with Crippen LogP contribution in [0, 0.1) is 5.92 Å². The Kier molecular flexibility index (Phi) is 5.70. The molecular weight excluding hydrogens is 250 g/mol. The van der Waals surface area contributed by atoms with Gasteiger partial charge in [0.15, 0.2) is 0 Å². The number of carbonyl (C=O) groups excluding carboxylic acids is 1. The van der Waals surface area contributed by atoms with Crippen LogP contribution < -0.4 is 0 Å². The topological polar surface area (TPSA) is 45.0 Å². The molecule has 0 N–H and O–H groups in total. The van der Waals surface area contributed by atoms with E-state index in [1.807, 2.05) is 0 Å². The highest BCUT2D eigenvalue weighted by atomic mass is 16.1. The van der Waals surface area contributed by atoms with Gasteiger partial charge in [-0.1, -0.05) is 12.8 Å². The number of carbonyl (C=O) groups is 1. The van der Waals surface area contributed by atoms with Crippen molar-refractivity contribution in [3.63, 3.8) is 0 Å². The molecule has 0 aromatic heterocycles. The van der Waals surface area contributed by atoms with Gasteiger partial charge >= 0.3 is 0 Å². The fourth-order valence-corrected chi connectivity index (χ4v) is 3.59. The van der Waals surface area contributed by atoms with Gasteiger partial charge in [-0.25, -0.2) is 0 Å². The Morgan fingerprint density at radius 1 is 0.950 bits per heavy atom. The Morgan fingerprint density at radius 3 is 2.20 bits per heavy atom. The van der Waals surface area contributed by atoms with Crippen LogP contribution in [0.15, 0.2) is 10.2 Å². The number of azo groups is 1. The zero-order valence-corrected chi connectivity index (χ0v) is 13.2. The highest BCUT2D eigenvalue weighted by Crippen LogP contribution is 2.29. The van der Waals surface area contributed by atoms with Gasteiger partial charge in [0.25, 0.3) is 0 Å². The van der Waals surface area contributed by atoms with E-state index in [9.17, 15) is 4.79 Å². The minimum Gasteiger partial charge on any atom is -0.306 e. The van der Waals surface area contributed by atoms with Crippen LogP contribution >= 0.6 is 0 Å². The quantitative estimate of drug-likeness (QED) is 0.740. The summed E-state index contributed by atoms with van der Waals surface area (Å²) in [7, 11) is 4.32. The lowest BCUT2D eigenvalue weighted by atomic mass is 9.83. The average Bonchev–Trinajstić information content (AvgIpc) is 2.45. The second-order valence-corrected chi connectivity index (χ2v) is 6.73. The largest absolute Gasteiger partial charge is 0.306 e. The van der Waals surface area contributed by atoms with E-state index in [4.69, 9.17) is 0 Å². The van der Waals surface area contributed by atoms with E-state index in [-0.39, 0.29) is 12.0 Å². The molecule has 0 heterocycles. The molecule has 2 unspecified atom stereocenters. The second kappa shape index (κ2) is 7.30. The number of hydrogen-bond acceptors (Lipinski definition) is 4. The van der Waals surface area contributed by atoms with Crippen molar-refractivity contribution in [2.75, 3.05) is 14.1 Å². The molecule has 4 heteroatoms. The molecule has 2 rings (SSSR count). The van der Waals surface area contributed by atoms with Crippen LogP contribution in [-0.2, 0) is 4.79 Å². The van der Waals surface area contributed by atoms with Gasteiger partial charge in [-0.05, 0) is 59.5 Å². The number of hydrogen-bond donors (Lipinski definition) is 0. The monoisotopic (exact) mass is 279 g/mol. The zero-order valence-electron chi connectivity index (χ0n) is 13.2. The Hall–Kier alpha value is -0.770. The van der Waals surface area contributed by atoms with Crippen LogP contribution in [0.1, 0.15) is 58.3 Å². The van der Waals surface area contributed by atoms with Crippen molar-refractivity contribution < 1.29 is 4.79 Å². The second-order valence-electron chi connectivity index (χ2n) is 6.73. The lowest BCUT2D eigenvalue weighted by Crippen LogP contribution is -2.33. The average molecular weight is 279 g/mol. The third-order valence-corrected chi connectivity index (χ3v) is 5.03. The van der Waals surface area contributed by atoms with Crippen molar-refractivity contribution >= 4 is 5.78 Å². The molecule has 2 saturated carbocycles. The minimum absolute atomic E-state index is 0.130. The van der Waals surface area contributed by atoms with Gasteiger partial charge in [-0.15, -0.1) is 0 Å². The van der Waals surface area contributed by atoms with Crippen LogP contribution in [0.25, 0.3) is 0 Å². The first kappa shape index (κ1) is 15.6. The third-order valence-electron chi connectivity index (χ3n) is 5.03. The predicted molar refractivity (Wildman–Crippen MR) is 81.0 cm³/mol. The number of rotatable bonds is 4. The summed E-state index contributed by atoms with van der Waals surface area (Å²) in [5, 5.41) is 9.16. The fourth-order valence-electron chi connectivity index (χ4n) is 3.59. The van der Waals surface area contributed by atoms with E-state index < -0.39 is 0 Å². The lowest BCUT2D eigenvalue weighted by molar-refractivity contribution is -0.122. The maximum Gasteiger partial charge on any atom is 0.135 e. The molecule has 0 aromatic rings. The van der Waals surface area contributed by atoms with Gasteiger partial charge in [0.05, 0.1) is 12.1 Å². The molecule has 0 saturated heterocycles. The summed E-state index contributed by atoms with van der Waals surface area (Å²) >= 11 is 0. The molecule has 4 nitrogen and oxygen atoms in total. The molecular formula is C16H29N3O. The molecule has 0 aliphatic heterocycles. The summed E-state index contributed by atoms with van der Waals surface area (Å²) in [6.07, 6.45) is 9.14. The molecule has 0 amide bonds. The predicted octanol–water partition coefficient (Wildman–Crippen LogP) is 3.46. The number of ketones is 1. The molecule has 20 heavy (non-hydrogen) atoms. The molecule has 114 valence electrons. The standard InChI is InChI=1S/C16H29N3O/c1-12(20)15-6-4-5-7-16(15)18-17-13-8-10-14(11-9-13)19(2)3/h13-16H,4-11H2,1-3H3/b18-17+. The van der Waals surface area contributed by atoms with E-state index in [1.165, 1.54) is 25.7 Å². The summed E-state index contributed by atoms with van der Waals surface area (Å²) in [6, 6.07) is 1.26. The number of nitrogens with zero attached hydrogens (tertiary/aromatic N) is 3. The van der Waals surface area contributed by atoms with Crippen LogP contribution in [0.5, 0.6) is 0 Å². The van der Waals surface area contributed by atoms with Crippen molar-refractivity contribution in [2.24, 2.45) is 16.1 Å². The molecule has 0 bridgehead atoms. The highest BCUT2D eigenvalue weighted by molar-refractivity contribution is 5.79. The van der Waals surface area contributed by atoms with Gasteiger partial charge in [-0.2, -0.15) is 10.2 Å². The third kappa shape index (κ3) is 4.11. The lowest BCUT2D eigenvalue weighted by Gasteiger charge is -2.31. The zero-order chi connectivity index (χ0) is 14.5. The first-order valence-corrected chi connectivity index (χ1v) is 8.14. The van der Waals surface area contributed by atoms with Crippen LogP contribution in [0.3, 0.4) is 0 Å². The SMILES string of the molecule is CC(=O)C1CCCCC1/N=N/C1CCC(N(C)C)CC1. The normalized spacial score (nSPS) is 35.6. The van der Waals surface area contributed by atoms with Crippen molar-refractivity contribution in [3.05, 3.63) is 0 Å². The van der Waals surface area contributed by atoms with Gasteiger partial charge in [0.2, 0.25) is 0 Å². The highest BCUT2D eigenvalue weighted by Gasteiger charge is 2.29. The first-order valence-electron chi connectivity index (χ1n) is 8.14. The van der Waals surface area contributed by atoms with Gasteiger partial charge in [0, 0.05) is 12.0 Å². The summed E-state index contributed by atoms with van der Waals surface area (Å²) < 4.78 is 0.